The van der Waals surface area contributed by atoms with Gasteiger partial charge in [-0.05, 0) is 40.3 Å². The van der Waals surface area contributed by atoms with Gasteiger partial charge in [0.1, 0.15) is 11.6 Å². The highest BCUT2D eigenvalue weighted by atomic mass is 16.6. The lowest BCUT2D eigenvalue weighted by Crippen LogP contribution is -2.53. The number of hydrogen-bond acceptors (Lipinski definition) is 4. The summed E-state index contributed by atoms with van der Waals surface area (Å²) in [6.45, 7) is 11.2. The van der Waals surface area contributed by atoms with Crippen LogP contribution in [-0.4, -0.2) is 48.1 Å². The van der Waals surface area contributed by atoms with Crippen molar-refractivity contribution in [3.8, 4) is 0 Å². The third-order valence-electron chi connectivity index (χ3n) is 3.74. The third-order valence-corrected chi connectivity index (χ3v) is 3.74. The number of hydrogen-bond donors (Lipinski definition) is 1. The molecular formula is C20H30N2O3. The van der Waals surface area contributed by atoms with Gasteiger partial charge >= 0.3 is 5.97 Å². The van der Waals surface area contributed by atoms with Gasteiger partial charge in [-0.25, -0.2) is 4.79 Å². The van der Waals surface area contributed by atoms with Crippen LogP contribution in [-0.2, 0) is 20.7 Å². The number of nitrogens with one attached hydrogen (secondary N) is 1. The Morgan fingerprint density at radius 2 is 1.88 bits per heavy atom. The monoisotopic (exact) mass is 346 g/mol. The number of likely N-dealkylation sites (N-methyl/N-ethyl adjacent to an activating group) is 1. The summed E-state index contributed by atoms with van der Waals surface area (Å²) in [7, 11) is 1.72. The van der Waals surface area contributed by atoms with E-state index in [2.05, 4.69) is 11.9 Å². The Hall–Kier alpha value is -2.14. The summed E-state index contributed by atoms with van der Waals surface area (Å²) in [4.78, 5) is 27.1. The standard InChI is InChI=1S/C20H30N2O3/c1-7-13-22(18(23)15(2)21-6)17(19(24)25-20(3,4)5)14-16-11-9-8-10-12-16/h7-12,15,17,21H,1,13-14H2,2-6H3/t15-,17-/m0/s1. The van der Waals surface area contributed by atoms with Gasteiger partial charge in [0.2, 0.25) is 5.91 Å². The second-order valence-electron chi connectivity index (χ2n) is 7.03. The van der Waals surface area contributed by atoms with Crippen molar-refractivity contribution in [2.75, 3.05) is 13.6 Å². The van der Waals surface area contributed by atoms with E-state index < -0.39 is 23.7 Å². The minimum atomic E-state index is -0.706. The first-order valence-electron chi connectivity index (χ1n) is 8.55. The number of esters is 1. The van der Waals surface area contributed by atoms with Crippen LogP contribution in [0.1, 0.15) is 33.3 Å². The quantitative estimate of drug-likeness (QED) is 0.580. The van der Waals surface area contributed by atoms with Crippen LogP contribution < -0.4 is 5.32 Å². The molecule has 1 aromatic rings. The Balaban J connectivity index is 3.17. The van der Waals surface area contributed by atoms with Gasteiger partial charge < -0.3 is 15.0 Å². The number of benzene rings is 1. The number of amides is 1. The molecule has 0 aromatic heterocycles. The summed E-state index contributed by atoms with van der Waals surface area (Å²) < 4.78 is 5.58. The Bertz CT molecular complexity index is 578. The number of carbonyl (C=O) groups excluding carboxylic acids is 2. The lowest BCUT2D eigenvalue weighted by atomic mass is 10.0. The van der Waals surface area contributed by atoms with E-state index >= 15 is 0 Å². The summed E-state index contributed by atoms with van der Waals surface area (Å²) in [6.07, 6.45) is 2.02. The highest BCUT2D eigenvalue weighted by molar-refractivity contribution is 5.88. The lowest BCUT2D eigenvalue weighted by Gasteiger charge is -2.33. The predicted octanol–water partition coefficient (Wildman–Crippen LogP) is 2.56. The minimum absolute atomic E-state index is 0.158. The van der Waals surface area contributed by atoms with Crippen LogP contribution in [0, 0.1) is 0 Å². The molecule has 0 aliphatic rings. The highest BCUT2D eigenvalue weighted by Gasteiger charge is 2.34. The molecule has 0 aliphatic carbocycles. The van der Waals surface area contributed by atoms with E-state index in [0.29, 0.717) is 6.42 Å². The molecule has 0 spiro atoms. The number of rotatable bonds is 8. The van der Waals surface area contributed by atoms with Crippen molar-refractivity contribution in [3.05, 3.63) is 48.6 Å². The molecule has 0 saturated heterocycles. The van der Waals surface area contributed by atoms with Gasteiger partial charge in [0.15, 0.2) is 0 Å². The third kappa shape index (κ3) is 6.70. The fourth-order valence-electron chi connectivity index (χ4n) is 2.41. The van der Waals surface area contributed by atoms with E-state index in [-0.39, 0.29) is 12.5 Å². The van der Waals surface area contributed by atoms with Gasteiger partial charge in [-0.3, -0.25) is 4.79 Å². The number of nitrogens with zero attached hydrogens (tertiary/aromatic N) is 1. The Labute approximate surface area is 151 Å². The minimum Gasteiger partial charge on any atom is -0.458 e. The number of carbonyl (C=O) groups is 2. The van der Waals surface area contributed by atoms with Crippen LogP contribution in [0.4, 0.5) is 0 Å². The van der Waals surface area contributed by atoms with Gasteiger partial charge in [-0.15, -0.1) is 6.58 Å². The molecule has 0 radical (unpaired) electrons. The molecule has 2 atom stereocenters. The van der Waals surface area contributed by atoms with Crippen molar-refractivity contribution in [2.45, 2.75) is 51.8 Å². The molecule has 1 N–H and O–H groups in total. The smallest absolute Gasteiger partial charge is 0.329 e. The molecule has 0 bridgehead atoms. The van der Waals surface area contributed by atoms with Crippen molar-refractivity contribution in [1.82, 2.24) is 10.2 Å². The normalized spacial score (nSPS) is 13.6. The molecule has 138 valence electrons. The van der Waals surface area contributed by atoms with Gasteiger partial charge in [-0.1, -0.05) is 36.4 Å². The van der Waals surface area contributed by atoms with E-state index in [4.69, 9.17) is 4.74 Å². The van der Waals surface area contributed by atoms with Gasteiger partial charge in [0.25, 0.3) is 0 Å². The summed E-state index contributed by atoms with van der Waals surface area (Å²) in [6, 6.07) is 8.52. The zero-order valence-electron chi connectivity index (χ0n) is 15.9. The van der Waals surface area contributed by atoms with Crippen LogP contribution in [0.5, 0.6) is 0 Å². The molecule has 5 heteroatoms. The van der Waals surface area contributed by atoms with Crippen molar-refractivity contribution in [3.63, 3.8) is 0 Å². The topological polar surface area (TPSA) is 58.6 Å². The molecular weight excluding hydrogens is 316 g/mol. The molecule has 0 fully saturated rings. The van der Waals surface area contributed by atoms with E-state index in [1.54, 1.807) is 20.0 Å². The molecule has 0 aliphatic heterocycles. The van der Waals surface area contributed by atoms with Crippen LogP contribution in [0.25, 0.3) is 0 Å². The predicted molar refractivity (Wildman–Crippen MR) is 100 cm³/mol. The molecule has 5 nitrogen and oxygen atoms in total. The van der Waals surface area contributed by atoms with Gasteiger partial charge in [0, 0.05) is 13.0 Å². The lowest BCUT2D eigenvalue weighted by molar-refractivity contribution is -0.164. The summed E-state index contributed by atoms with van der Waals surface area (Å²) >= 11 is 0. The summed E-state index contributed by atoms with van der Waals surface area (Å²) in [5.74, 6) is -0.566. The average molecular weight is 346 g/mol. The maximum absolute atomic E-state index is 12.8. The fraction of sp³-hybridized carbons (Fsp3) is 0.500. The first-order chi connectivity index (χ1) is 11.7. The van der Waals surface area contributed by atoms with E-state index in [9.17, 15) is 9.59 Å². The van der Waals surface area contributed by atoms with E-state index in [1.807, 2.05) is 51.1 Å². The first-order valence-corrected chi connectivity index (χ1v) is 8.55. The second-order valence-corrected chi connectivity index (χ2v) is 7.03. The SMILES string of the molecule is C=CCN(C(=O)[C@H](C)NC)[C@@H](Cc1ccccc1)C(=O)OC(C)(C)C. The Morgan fingerprint density at radius 3 is 2.36 bits per heavy atom. The average Bonchev–Trinajstić information content (AvgIpc) is 2.56. The van der Waals surface area contributed by atoms with Crippen LogP contribution in [0.15, 0.2) is 43.0 Å². The molecule has 1 rings (SSSR count). The van der Waals surface area contributed by atoms with Gasteiger partial charge in [-0.2, -0.15) is 0 Å². The maximum atomic E-state index is 12.8. The van der Waals surface area contributed by atoms with Crippen molar-refractivity contribution >= 4 is 11.9 Å². The van der Waals surface area contributed by atoms with E-state index in [0.717, 1.165) is 5.56 Å². The fourth-order valence-corrected chi connectivity index (χ4v) is 2.41. The largest absolute Gasteiger partial charge is 0.458 e. The summed E-state index contributed by atoms with van der Waals surface area (Å²) in [5.41, 5.74) is 0.348. The zero-order chi connectivity index (χ0) is 19.0. The van der Waals surface area contributed by atoms with Crippen molar-refractivity contribution < 1.29 is 14.3 Å². The van der Waals surface area contributed by atoms with Crippen LogP contribution >= 0.6 is 0 Å². The highest BCUT2D eigenvalue weighted by Crippen LogP contribution is 2.17. The Morgan fingerprint density at radius 1 is 1.28 bits per heavy atom. The zero-order valence-corrected chi connectivity index (χ0v) is 15.9. The number of ether oxygens (including phenoxy) is 1. The second kappa shape index (κ2) is 9.37. The molecule has 0 unspecified atom stereocenters. The molecule has 1 aromatic carbocycles. The molecule has 1 amide bonds. The molecule has 25 heavy (non-hydrogen) atoms. The van der Waals surface area contributed by atoms with Crippen molar-refractivity contribution in [1.29, 1.82) is 0 Å². The summed E-state index contributed by atoms with van der Waals surface area (Å²) in [5, 5.41) is 2.93. The van der Waals surface area contributed by atoms with Crippen molar-refractivity contribution in [2.24, 2.45) is 0 Å². The first kappa shape index (κ1) is 20.9. The van der Waals surface area contributed by atoms with Crippen LogP contribution in [0.2, 0.25) is 0 Å². The maximum Gasteiger partial charge on any atom is 0.329 e. The van der Waals surface area contributed by atoms with E-state index in [1.165, 1.54) is 4.90 Å². The molecule has 0 heterocycles. The van der Waals surface area contributed by atoms with Crippen LogP contribution in [0.3, 0.4) is 0 Å². The Kier molecular flexibility index (Phi) is 7.84. The van der Waals surface area contributed by atoms with Gasteiger partial charge in [0.05, 0.1) is 6.04 Å². The molecule has 0 saturated carbocycles.